The Morgan fingerprint density at radius 3 is 2.77 bits per heavy atom. The van der Waals surface area contributed by atoms with Crippen molar-refractivity contribution in [1.29, 1.82) is 0 Å². The summed E-state index contributed by atoms with van der Waals surface area (Å²) in [6.45, 7) is 1.62. The number of H-pyrrole nitrogens is 1. The maximum absolute atomic E-state index is 14.0. The number of benzene rings is 1. The number of halogens is 1. The Balaban J connectivity index is 1.64. The normalized spacial score (nSPS) is 18.5. The van der Waals surface area contributed by atoms with Crippen molar-refractivity contribution in [2.75, 3.05) is 24.5 Å². The first-order valence-corrected chi connectivity index (χ1v) is 10.1. The van der Waals surface area contributed by atoms with Gasteiger partial charge in [-0.25, -0.2) is 19.2 Å². The van der Waals surface area contributed by atoms with Gasteiger partial charge >= 0.3 is 6.09 Å². The van der Waals surface area contributed by atoms with E-state index in [0.717, 1.165) is 28.1 Å². The number of carboxylic acid groups (broad SMARTS) is 1. The Morgan fingerprint density at radius 1 is 1.20 bits per heavy atom. The highest BCUT2D eigenvalue weighted by atomic mass is 19.1. The van der Waals surface area contributed by atoms with Crippen molar-refractivity contribution in [1.82, 2.24) is 19.9 Å². The molecule has 1 amide bonds. The largest absolute Gasteiger partial charge is 0.465 e. The number of nitrogens with zero attached hydrogens (tertiary/aromatic N) is 4. The summed E-state index contributed by atoms with van der Waals surface area (Å²) in [5, 5.41) is 9.33. The van der Waals surface area contributed by atoms with Crippen LogP contribution in [0.15, 0.2) is 42.6 Å². The lowest BCUT2D eigenvalue weighted by Gasteiger charge is -2.22. The van der Waals surface area contributed by atoms with Gasteiger partial charge in [-0.15, -0.1) is 0 Å². The minimum absolute atomic E-state index is 0.282. The Labute approximate surface area is 173 Å². The number of amides is 1. The van der Waals surface area contributed by atoms with Crippen molar-refractivity contribution in [3.63, 3.8) is 0 Å². The van der Waals surface area contributed by atoms with E-state index >= 15 is 0 Å². The van der Waals surface area contributed by atoms with Gasteiger partial charge in [-0.2, -0.15) is 0 Å². The average Bonchev–Trinajstić information content (AvgIpc) is 3.39. The van der Waals surface area contributed by atoms with Crippen LogP contribution < -0.4 is 4.90 Å². The molecule has 5 rings (SSSR count). The highest BCUT2D eigenvalue weighted by Crippen LogP contribution is 2.39. The van der Waals surface area contributed by atoms with Gasteiger partial charge in [0, 0.05) is 25.7 Å². The molecular formula is C22H22FN5O2. The van der Waals surface area contributed by atoms with Crippen LogP contribution in [0.2, 0.25) is 0 Å². The van der Waals surface area contributed by atoms with Crippen LogP contribution >= 0.6 is 0 Å². The number of aromatic amines is 1. The molecule has 7 nitrogen and oxygen atoms in total. The van der Waals surface area contributed by atoms with E-state index in [1.54, 1.807) is 6.20 Å². The van der Waals surface area contributed by atoms with Gasteiger partial charge < -0.3 is 19.9 Å². The van der Waals surface area contributed by atoms with Gasteiger partial charge in [-0.1, -0.05) is 30.3 Å². The molecule has 8 heteroatoms. The molecule has 1 saturated heterocycles. The van der Waals surface area contributed by atoms with E-state index in [2.05, 4.69) is 9.97 Å². The maximum atomic E-state index is 14.0. The average molecular weight is 407 g/mol. The fourth-order valence-corrected chi connectivity index (χ4v) is 4.27. The molecule has 4 heterocycles. The minimum Gasteiger partial charge on any atom is -0.465 e. The first-order valence-electron chi connectivity index (χ1n) is 10.1. The lowest BCUT2D eigenvalue weighted by atomic mass is 10.00. The molecule has 154 valence electrons. The third kappa shape index (κ3) is 3.28. The molecule has 30 heavy (non-hydrogen) atoms. The van der Waals surface area contributed by atoms with Gasteiger partial charge in [0.15, 0.2) is 0 Å². The van der Waals surface area contributed by atoms with Crippen molar-refractivity contribution in [3.05, 3.63) is 54.0 Å². The summed E-state index contributed by atoms with van der Waals surface area (Å²) in [5.41, 5.74) is 4.49. The van der Waals surface area contributed by atoms with Crippen LogP contribution in [0.3, 0.4) is 0 Å². The van der Waals surface area contributed by atoms with E-state index in [9.17, 15) is 14.3 Å². The predicted octanol–water partition coefficient (Wildman–Crippen LogP) is 3.72. The monoisotopic (exact) mass is 407 g/mol. The van der Waals surface area contributed by atoms with Crippen LogP contribution in [0.4, 0.5) is 15.0 Å². The number of hydrogen-bond acceptors (Lipinski definition) is 4. The Bertz CT molecular complexity index is 1080. The molecule has 0 bridgehead atoms. The predicted molar refractivity (Wildman–Crippen MR) is 111 cm³/mol. The van der Waals surface area contributed by atoms with Crippen molar-refractivity contribution in [2.45, 2.75) is 25.6 Å². The van der Waals surface area contributed by atoms with E-state index < -0.39 is 12.3 Å². The smallest absolute Gasteiger partial charge is 0.407 e. The third-order valence-corrected chi connectivity index (χ3v) is 5.79. The van der Waals surface area contributed by atoms with Crippen LogP contribution in [-0.4, -0.2) is 56.9 Å². The Morgan fingerprint density at radius 2 is 2.03 bits per heavy atom. The molecule has 0 aliphatic carbocycles. The van der Waals surface area contributed by atoms with Gasteiger partial charge in [0.25, 0.3) is 0 Å². The molecule has 2 N–H and O–H groups in total. The van der Waals surface area contributed by atoms with E-state index in [0.29, 0.717) is 44.1 Å². The number of rotatable bonds is 3. The number of imidazole rings is 1. The van der Waals surface area contributed by atoms with E-state index in [4.69, 9.17) is 4.98 Å². The first-order chi connectivity index (χ1) is 14.6. The van der Waals surface area contributed by atoms with Crippen molar-refractivity contribution < 1.29 is 14.3 Å². The summed E-state index contributed by atoms with van der Waals surface area (Å²) in [4.78, 5) is 27.5. The summed E-state index contributed by atoms with van der Waals surface area (Å²) < 4.78 is 14.0. The SMILES string of the molecule is O=C(O)N1CCc2nc(-c3c(-c4ccccc4)ccnc3N3CCC(F)C3)[nH]c2C1. The minimum atomic E-state index is -0.935. The second-order valence-corrected chi connectivity index (χ2v) is 7.72. The molecule has 1 fully saturated rings. The molecule has 1 atom stereocenters. The van der Waals surface area contributed by atoms with Crippen LogP contribution in [0.1, 0.15) is 17.8 Å². The fraction of sp³-hybridized carbons (Fsp3) is 0.318. The summed E-state index contributed by atoms with van der Waals surface area (Å²) in [5.74, 6) is 1.36. The number of pyridine rings is 1. The summed E-state index contributed by atoms with van der Waals surface area (Å²) >= 11 is 0. The Hall–Kier alpha value is -3.42. The number of carbonyl (C=O) groups is 1. The van der Waals surface area contributed by atoms with Gasteiger partial charge in [-0.3, -0.25) is 0 Å². The van der Waals surface area contributed by atoms with E-state index in [-0.39, 0.29) is 6.54 Å². The van der Waals surface area contributed by atoms with Crippen LogP contribution in [0.5, 0.6) is 0 Å². The maximum Gasteiger partial charge on any atom is 0.407 e. The molecule has 0 saturated carbocycles. The number of fused-ring (bicyclic) bond motifs is 1. The van der Waals surface area contributed by atoms with Crippen molar-refractivity contribution >= 4 is 11.9 Å². The number of anilines is 1. The van der Waals surface area contributed by atoms with E-state index in [1.807, 2.05) is 41.3 Å². The van der Waals surface area contributed by atoms with Gasteiger partial charge in [0.1, 0.15) is 17.8 Å². The van der Waals surface area contributed by atoms with Crippen LogP contribution in [-0.2, 0) is 13.0 Å². The van der Waals surface area contributed by atoms with Crippen molar-refractivity contribution in [2.24, 2.45) is 0 Å². The topological polar surface area (TPSA) is 85.3 Å². The van der Waals surface area contributed by atoms with Gasteiger partial charge in [0.2, 0.25) is 0 Å². The molecular weight excluding hydrogens is 385 g/mol. The fourth-order valence-electron chi connectivity index (χ4n) is 4.27. The molecule has 2 aromatic heterocycles. The Kier molecular flexibility index (Phi) is 4.61. The summed E-state index contributed by atoms with van der Waals surface area (Å²) in [6, 6.07) is 11.9. The number of hydrogen-bond donors (Lipinski definition) is 2. The van der Waals surface area contributed by atoms with Gasteiger partial charge in [0.05, 0.1) is 30.0 Å². The summed E-state index contributed by atoms with van der Waals surface area (Å²) in [7, 11) is 0. The molecule has 2 aliphatic heterocycles. The highest BCUT2D eigenvalue weighted by Gasteiger charge is 2.29. The first kappa shape index (κ1) is 18.6. The van der Waals surface area contributed by atoms with Crippen molar-refractivity contribution in [3.8, 4) is 22.5 Å². The number of alkyl halides is 1. The molecule has 0 spiro atoms. The summed E-state index contributed by atoms with van der Waals surface area (Å²) in [6.07, 6.45) is 0.995. The standard InChI is InChI=1S/C22H22FN5O2/c23-15-7-10-27(12-15)21-19(16(6-9-24-21)14-4-2-1-3-5-14)20-25-17-8-11-28(22(29)30)13-18(17)26-20/h1-6,9,15H,7-8,10-13H2,(H,25,26)(H,29,30). The second-order valence-electron chi connectivity index (χ2n) is 7.72. The van der Waals surface area contributed by atoms with E-state index in [1.165, 1.54) is 4.90 Å². The number of nitrogens with one attached hydrogen (secondary N) is 1. The second kappa shape index (κ2) is 7.44. The quantitative estimate of drug-likeness (QED) is 0.691. The lowest BCUT2D eigenvalue weighted by molar-refractivity contribution is 0.139. The molecule has 1 unspecified atom stereocenters. The highest BCUT2D eigenvalue weighted by molar-refractivity contribution is 5.88. The zero-order chi connectivity index (χ0) is 20.7. The zero-order valence-electron chi connectivity index (χ0n) is 16.4. The molecule has 2 aliphatic rings. The molecule has 3 aromatic rings. The third-order valence-electron chi connectivity index (χ3n) is 5.79. The zero-order valence-corrected chi connectivity index (χ0v) is 16.4. The lowest BCUT2D eigenvalue weighted by Crippen LogP contribution is -2.34. The van der Waals surface area contributed by atoms with Gasteiger partial charge in [-0.05, 0) is 23.6 Å². The molecule has 1 aromatic carbocycles. The van der Waals surface area contributed by atoms with Crippen LogP contribution in [0, 0.1) is 0 Å². The molecule has 0 radical (unpaired) electrons. The van der Waals surface area contributed by atoms with Crippen LogP contribution in [0.25, 0.3) is 22.5 Å². The number of aromatic nitrogens is 3.